The molecule has 0 amide bonds. The van der Waals surface area contributed by atoms with Crippen LogP contribution in [0, 0.1) is 0 Å². The van der Waals surface area contributed by atoms with Crippen molar-refractivity contribution in [2.45, 2.75) is 6.61 Å². The number of carbonyl (C=O) groups is 1. The van der Waals surface area contributed by atoms with Gasteiger partial charge in [0.15, 0.2) is 18.1 Å². The lowest BCUT2D eigenvalue weighted by Gasteiger charge is -2.08. The van der Waals surface area contributed by atoms with Gasteiger partial charge in [0, 0.05) is 5.39 Å². The Balaban J connectivity index is 1.42. The molecule has 0 radical (unpaired) electrons. The van der Waals surface area contributed by atoms with Gasteiger partial charge in [0.05, 0.1) is 23.6 Å². The SMILES string of the molecule is O=C(OCc1noc(-c2ccco2)n1)c1cc(-c2ccco2)nc2ccccc12. The van der Waals surface area contributed by atoms with Crippen molar-refractivity contribution in [3.63, 3.8) is 0 Å². The quantitative estimate of drug-likeness (QED) is 0.406. The molecule has 5 aromatic rings. The van der Waals surface area contributed by atoms with E-state index in [1.165, 1.54) is 6.26 Å². The highest BCUT2D eigenvalue weighted by molar-refractivity contribution is 6.04. The van der Waals surface area contributed by atoms with E-state index >= 15 is 0 Å². The van der Waals surface area contributed by atoms with Crippen molar-refractivity contribution in [2.24, 2.45) is 0 Å². The number of esters is 1. The van der Waals surface area contributed by atoms with E-state index in [-0.39, 0.29) is 18.3 Å². The molecule has 0 fully saturated rings. The number of benzene rings is 1. The Morgan fingerprint density at radius 1 is 0.931 bits per heavy atom. The van der Waals surface area contributed by atoms with Gasteiger partial charge in [0.25, 0.3) is 5.89 Å². The van der Waals surface area contributed by atoms with E-state index in [9.17, 15) is 4.79 Å². The van der Waals surface area contributed by atoms with Crippen LogP contribution < -0.4 is 0 Å². The number of hydrogen-bond acceptors (Lipinski definition) is 8. The van der Waals surface area contributed by atoms with E-state index in [1.54, 1.807) is 36.6 Å². The van der Waals surface area contributed by atoms with Gasteiger partial charge in [0.2, 0.25) is 5.82 Å². The summed E-state index contributed by atoms with van der Waals surface area (Å²) in [5.74, 6) is 0.926. The molecule has 0 bridgehead atoms. The third-order valence-electron chi connectivity index (χ3n) is 4.24. The van der Waals surface area contributed by atoms with Crippen LogP contribution in [0.3, 0.4) is 0 Å². The van der Waals surface area contributed by atoms with Crippen molar-refractivity contribution in [3.05, 3.63) is 78.5 Å². The monoisotopic (exact) mass is 387 g/mol. The molecule has 4 aromatic heterocycles. The van der Waals surface area contributed by atoms with E-state index in [4.69, 9.17) is 18.1 Å². The van der Waals surface area contributed by atoms with Crippen LogP contribution in [-0.4, -0.2) is 21.1 Å². The highest BCUT2D eigenvalue weighted by Crippen LogP contribution is 2.26. The standard InChI is InChI=1S/C21H13N3O5/c25-21(28-12-19-23-20(29-24-19)18-8-4-10-27-18)14-11-16(17-7-3-9-26-17)22-15-6-2-1-5-13(14)15/h1-11H,12H2. The molecule has 4 heterocycles. The lowest BCUT2D eigenvalue weighted by Crippen LogP contribution is -2.08. The number of fused-ring (bicyclic) bond motifs is 1. The molecule has 29 heavy (non-hydrogen) atoms. The van der Waals surface area contributed by atoms with E-state index in [1.807, 2.05) is 24.3 Å². The summed E-state index contributed by atoms with van der Waals surface area (Å²) >= 11 is 0. The average Bonchev–Trinajstić information content (AvgIpc) is 3.53. The molecule has 0 aliphatic carbocycles. The summed E-state index contributed by atoms with van der Waals surface area (Å²) in [7, 11) is 0. The Morgan fingerprint density at radius 2 is 1.72 bits per heavy atom. The van der Waals surface area contributed by atoms with Crippen molar-refractivity contribution < 1.29 is 22.9 Å². The number of carbonyl (C=O) groups excluding carboxylic acids is 1. The second-order valence-corrected chi connectivity index (χ2v) is 6.12. The number of furan rings is 2. The lowest BCUT2D eigenvalue weighted by atomic mass is 10.1. The van der Waals surface area contributed by atoms with Gasteiger partial charge >= 0.3 is 5.97 Å². The molecule has 0 unspecified atom stereocenters. The molecule has 1 aromatic carbocycles. The molecular weight excluding hydrogens is 374 g/mol. The number of para-hydroxylation sites is 1. The summed E-state index contributed by atoms with van der Waals surface area (Å²) in [6.45, 7) is -0.143. The average molecular weight is 387 g/mol. The summed E-state index contributed by atoms with van der Waals surface area (Å²) < 4.78 is 21.1. The zero-order chi connectivity index (χ0) is 19.6. The van der Waals surface area contributed by atoms with Crippen molar-refractivity contribution in [1.82, 2.24) is 15.1 Å². The number of ether oxygens (including phenoxy) is 1. The Hall–Kier alpha value is -4.20. The minimum absolute atomic E-state index is 0.143. The molecule has 8 nitrogen and oxygen atoms in total. The summed E-state index contributed by atoms with van der Waals surface area (Å²) in [6, 6.07) is 15.9. The molecule has 0 aliphatic rings. The first-order valence-corrected chi connectivity index (χ1v) is 8.75. The first-order valence-electron chi connectivity index (χ1n) is 8.75. The molecule has 0 saturated heterocycles. The van der Waals surface area contributed by atoms with Crippen molar-refractivity contribution in [2.75, 3.05) is 0 Å². The van der Waals surface area contributed by atoms with Gasteiger partial charge in [-0.15, -0.1) is 0 Å². The molecule has 0 saturated carbocycles. The molecule has 8 heteroatoms. The van der Waals surface area contributed by atoms with Crippen LogP contribution in [0.5, 0.6) is 0 Å². The molecule has 0 N–H and O–H groups in total. The van der Waals surface area contributed by atoms with Crippen molar-refractivity contribution in [3.8, 4) is 23.1 Å². The van der Waals surface area contributed by atoms with E-state index < -0.39 is 5.97 Å². The minimum atomic E-state index is -0.527. The number of aromatic nitrogens is 3. The fourth-order valence-electron chi connectivity index (χ4n) is 2.92. The maximum absolute atomic E-state index is 12.8. The summed E-state index contributed by atoms with van der Waals surface area (Å²) in [5.41, 5.74) is 1.57. The van der Waals surface area contributed by atoms with E-state index in [0.717, 1.165) is 0 Å². The van der Waals surface area contributed by atoms with Gasteiger partial charge in [-0.2, -0.15) is 4.98 Å². The zero-order valence-corrected chi connectivity index (χ0v) is 14.9. The second kappa shape index (κ2) is 7.08. The Bertz CT molecular complexity index is 1270. The topological polar surface area (TPSA) is 104 Å². The van der Waals surface area contributed by atoms with Crippen LogP contribution in [-0.2, 0) is 11.3 Å². The second-order valence-electron chi connectivity index (χ2n) is 6.12. The van der Waals surface area contributed by atoms with Crippen LogP contribution in [0.25, 0.3) is 34.0 Å². The predicted octanol–water partition coefficient (Wildman–Crippen LogP) is 4.49. The Kier molecular flexibility index (Phi) is 4.14. The third-order valence-corrected chi connectivity index (χ3v) is 4.24. The maximum Gasteiger partial charge on any atom is 0.339 e. The smallest absolute Gasteiger partial charge is 0.339 e. The summed E-state index contributed by atoms with van der Waals surface area (Å²) in [5, 5.41) is 4.49. The molecule has 0 aliphatic heterocycles. The largest absolute Gasteiger partial charge is 0.463 e. The number of nitrogens with zero attached hydrogens (tertiary/aromatic N) is 3. The third kappa shape index (κ3) is 3.27. The molecule has 142 valence electrons. The van der Waals surface area contributed by atoms with E-state index in [2.05, 4.69) is 15.1 Å². The fraction of sp³-hybridized carbons (Fsp3) is 0.0476. The Labute approximate surface area is 163 Å². The highest BCUT2D eigenvalue weighted by Gasteiger charge is 2.18. The van der Waals surface area contributed by atoms with Gasteiger partial charge in [-0.05, 0) is 36.4 Å². The Morgan fingerprint density at radius 3 is 2.52 bits per heavy atom. The molecule has 5 rings (SSSR count). The fourth-order valence-corrected chi connectivity index (χ4v) is 2.92. The highest BCUT2D eigenvalue weighted by atomic mass is 16.5. The summed E-state index contributed by atoms with van der Waals surface area (Å²) in [6.07, 6.45) is 3.06. The van der Waals surface area contributed by atoms with Gasteiger partial charge in [-0.25, -0.2) is 9.78 Å². The molecule has 0 spiro atoms. The van der Waals surface area contributed by atoms with Crippen molar-refractivity contribution >= 4 is 16.9 Å². The first kappa shape index (κ1) is 16.9. The lowest BCUT2D eigenvalue weighted by molar-refractivity contribution is 0.0462. The number of rotatable bonds is 5. The van der Waals surface area contributed by atoms with Crippen LogP contribution in [0.4, 0.5) is 0 Å². The summed E-state index contributed by atoms with van der Waals surface area (Å²) in [4.78, 5) is 21.5. The van der Waals surface area contributed by atoms with Gasteiger partial charge in [-0.1, -0.05) is 23.4 Å². The first-order chi connectivity index (χ1) is 14.3. The van der Waals surface area contributed by atoms with Gasteiger partial charge < -0.3 is 18.1 Å². The van der Waals surface area contributed by atoms with Crippen LogP contribution >= 0.6 is 0 Å². The van der Waals surface area contributed by atoms with Gasteiger partial charge in [0.1, 0.15) is 5.69 Å². The predicted molar refractivity (Wildman–Crippen MR) is 101 cm³/mol. The van der Waals surface area contributed by atoms with Gasteiger partial charge in [-0.3, -0.25) is 0 Å². The van der Waals surface area contributed by atoms with Crippen molar-refractivity contribution in [1.29, 1.82) is 0 Å². The number of pyridine rings is 1. The van der Waals surface area contributed by atoms with Crippen LogP contribution in [0.2, 0.25) is 0 Å². The maximum atomic E-state index is 12.8. The van der Waals surface area contributed by atoms with E-state index in [0.29, 0.717) is 33.7 Å². The molecular formula is C21H13N3O5. The number of hydrogen-bond donors (Lipinski definition) is 0. The van der Waals surface area contributed by atoms with Crippen LogP contribution in [0.15, 0.2) is 80.5 Å². The molecule has 0 atom stereocenters. The normalized spacial score (nSPS) is 11.0. The zero-order valence-electron chi connectivity index (χ0n) is 14.9. The van der Waals surface area contributed by atoms with Crippen LogP contribution in [0.1, 0.15) is 16.2 Å². The minimum Gasteiger partial charge on any atom is -0.463 e.